The summed E-state index contributed by atoms with van der Waals surface area (Å²) in [5.74, 6) is 0.268. The zero-order valence-electron chi connectivity index (χ0n) is 18.6. The van der Waals surface area contributed by atoms with Crippen LogP contribution in [0.15, 0.2) is 29.4 Å². The quantitative estimate of drug-likeness (QED) is 0.586. The summed E-state index contributed by atoms with van der Waals surface area (Å²) in [5, 5.41) is 0. The lowest BCUT2D eigenvalue weighted by atomic mass is 10.1. The first-order valence-corrected chi connectivity index (χ1v) is 13.7. The van der Waals surface area contributed by atoms with Crippen LogP contribution in [0.1, 0.15) is 18.4 Å². The summed E-state index contributed by atoms with van der Waals surface area (Å²) < 4.78 is 71.5. The van der Waals surface area contributed by atoms with Crippen LogP contribution in [0.5, 0.6) is 5.88 Å². The number of rotatable bonds is 6. The zero-order chi connectivity index (χ0) is 24.0. The van der Waals surface area contributed by atoms with Crippen LogP contribution in [0.25, 0.3) is 0 Å². The molecule has 0 aliphatic carbocycles. The lowest BCUT2D eigenvalue weighted by Crippen LogP contribution is -2.46. The summed E-state index contributed by atoms with van der Waals surface area (Å²) in [6.45, 7) is 1.14. The molecule has 2 aliphatic rings. The Kier molecular flexibility index (Phi) is 6.33. The van der Waals surface area contributed by atoms with Gasteiger partial charge in [0.1, 0.15) is 24.1 Å². The highest BCUT2D eigenvalue weighted by Crippen LogP contribution is 2.38. The summed E-state index contributed by atoms with van der Waals surface area (Å²) in [6, 6.07) is 3.82. The molecule has 0 spiro atoms. The second-order valence-corrected chi connectivity index (χ2v) is 12.4. The molecule has 0 amide bonds. The smallest absolute Gasteiger partial charge is 0.281 e. The third kappa shape index (κ3) is 4.67. The Hall–Kier alpha value is -2.35. The molecule has 1 fully saturated rings. The Morgan fingerprint density at radius 3 is 2.39 bits per heavy atom. The summed E-state index contributed by atoms with van der Waals surface area (Å²) >= 11 is 0. The molecule has 1 aromatic heterocycles. The number of hydrogen-bond acceptors (Lipinski definition) is 8. The normalized spacial score (nSPS) is 18.0. The van der Waals surface area contributed by atoms with Crippen molar-refractivity contribution in [3.05, 3.63) is 35.9 Å². The highest BCUT2D eigenvalue weighted by atomic mass is 32.2. The second kappa shape index (κ2) is 8.78. The molecule has 1 aromatic carbocycles. The maximum Gasteiger partial charge on any atom is 0.281 e. The van der Waals surface area contributed by atoms with Crippen LogP contribution in [0.3, 0.4) is 0 Å². The number of hydrogen-bond donors (Lipinski definition) is 0. The number of fused-ring (bicyclic) bond motifs is 1. The summed E-state index contributed by atoms with van der Waals surface area (Å²) in [4.78, 5) is 10.2. The summed E-state index contributed by atoms with van der Waals surface area (Å²) in [5.41, 5.74) is 0.973. The minimum Gasteiger partial charge on any atom is -0.474 e. The van der Waals surface area contributed by atoms with Gasteiger partial charge in [0.25, 0.3) is 10.2 Å². The number of benzene rings is 1. The molecule has 33 heavy (non-hydrogen) atoms. The fourth-order valence-electron chi connectivity index (χ4n) is 4.01. The molecule has 4 rings (SSSR count). The van der Waals surface area contributed by atoms with Crippen molar-refractivity contribution in [3.8, 4) is 5.88 Å². The first kappa shape index (κ1) is 23.8. The van der Waals surface area contributed by atoms with Gasteiger partial charge in [-0.1, -0.05) is 0 Å². The van der Waals surface area contributed by atoms with E-state index in [9.17, 15) is 21.2 Å². The molecule has 1 saturated heterocycles. The predicted octanol–water partition coefficient (Wildman–Crippen LogP) is 1.36. The van der Waals surface area contributed by atoms with E-state index in [-0.39, 0.29) is 16.7 Å². The summed E-state index contributed by atoms with van der Waals surface area (Å²) in [7, 11) is -3.96. The number of nitrogens with zero attached hydrogens (tertiary/aromatic N) is 5. The molecule has 10 nitrogen and oxygen atoms in total. The van der Waals surface area contributed by atoms with Gasteiger partial charge in [-0.25, -0.2) is 22.8 Å². The molecule has 0 N–H and O–H groups in total. The average molecular weight is 500 g/mol. The van der Waals surface area contributed by atoms with Gasteiger partial charge in [0.15, 0.2) is 9.84 Å². The van der Waals surface area contributed by atoms with Crippen molar-refractivity contribution in [3.63, 3.8) is 0 Å². The predicted molar refractivity (Wildman–Crippen MR) is 120 cm³/mol. The number of sulfone groups is 1. The van der Waals surface area contributed by atoms with Crippen molar-refractivity contribution in [2.24, 2.45) is 0 Å². The maximum absolute atomic E-state index is 14.8. The van der Waals surface area contributed by atoms with E-state index in [1.165, 1.54) is 41.2 Å². The first-order valence-electron chi connectivity index (χ1n) is 10.4. The first-order chi connectivity index (χ1) is 15.5. The topological polar surface area (TPSA) is 113 Å². The van der Waals surface area contributed by atoms with Crippen LogP contribution in [0.4, 0.5) is 15.9 Å². The van der Waals surface area contributed by atoms with Gasteiger partial charge in [-0.2, -0.15) is 17.0 Å². The molecule has 3 heterocycles. The van der Waals surface area contributed by atoms with E-state index in [1.54, 1.807) is 4.90 Å². The molecule has 0 unspecified atom stereocenters. The third-order valence-electron chi connectivity index (χ3n) is 5.83. The van der Waals surface area contributed by atoms with E-state index in [1.807, 2.05) is 0 Å². The molecule has 13 heteroatoms. The van der Waals surface area contributed by atoms with Gasteiger partial charge in [-0.15, -0.1) is 0 Å². The van der Waals surface area contributed by atoms with Gasteiger partial charge >= 0.3 is 0 Å². The maximum atomic E-state index is 14.8. The van der Waals surface area contributed by atoms with Gasteiger partial charge in [0.05, 0.1) is 16.1 Å². The van der Waals surface area contributed by atoms with E-state index in [4.69, 9.17) is 4.74 Å². The van der Waals surface area contributed by atoms with Crippen molar-refractivity contribution in [2.75, 3.05) is 44.9 Å². The Labute approximate surface area is 193 Å². The molecule has 0 bridgehead atoms. The van der Waals surface area contributed by atoms with Crippen LogP contribution < -0.4 is 9.64 Å². The molecule has 2 aromatic rings. The highest BCUT2D eigenvalue weighted by Gasteiger charge is 2.33. The van der Waals surface area contributed by atoms with Gasteiger partial charge in [0.2, 0.25) is 5.88 Å². The molecular formula is C20H26FN5O5S2. The van der Waals surface area contributed by atoms with Crippen LogP contribution >= 0.6 is 0 Å². The van der Waals surface area contributed by atoms with Crippen molar-refractivity contribution in [1.82, 2.24) is 18.6 Å². The highest BCUT2D eigenvalue weighted by molar-refractivity contribution is 7.90. The van der Waals surface area contributed by atoms with Crippen molar-refractivity contribution in [1.29, 1.82) is 0 Å². The molecule has 180 valence electrons. The molecule has 2 aliphatic heterocycles. The average Bonchev–Trinajstić information content (AvgIpc) is 3.18. The minimum absolute atomic E-state index is 0.0856. The number of aromatic nitrogens is 2. The molecule has 0 saturated carbocycles. The number of halogens is 1. The van der Waals surface area contributed by atoms with Crippen LogP contribution in [0.2, 0.25) is 0 Å². The van der Waals surface area contributed by atoms with Crippen LogP contribution in [0, 0.1) is 5.82 Å². The van der Waals surface area contributed by atoms with E-state index in [0.717, 1.165) is 17.9 Å². The SMILES string of the molecule is CN(C)S(=O)(=O)N1CCC(Oc2ncnc3c2CCN3c2ccc(S(C)(=O)=O)cc2F)CC1. The largest absolute Gasteiger partial charge is 0.474 e. The van der Waals surface area contributed by atoms with Gasteiger partial charge in [-0.3, -0.25) is 0 Å². The monoisotopic (exact) mass is 499 g/mol. The minimum atomic E-state index is -3.52. The Balaban J connectivity index is 1.51. The van der Waals surface area contributed by atoms with Crippen molar-refractivity contribution in [2.45, 2.75) is 30.3 Å². The Bertz CT molecular complexity index is 1260. The van der Waals surface area contributed by atoms with Crippen LogP contribution in [-0.2, 0) is 26.5 Å². The fourth-order valence-corrected chi connectivity index (χ4v) is 5.78. The van der Waals surface area contributed by atoms with Crippen LogP contribution in [-0.4, -0.2) is 81.5 Å². The fraction of sp³-hybridized carbons (Fsp3) is 0.500. The van der Waals surface area contributed by atoms with Gasteiger partial charge in [-0.05, 0) is 37.5 Å². The molecular weight excluding hydrogens is 473 g/mol. The number of piperidine rings is 1. The standard InChI is InChI=1S/C20H26FN5O5S2/c1-24(2)33(29,30)25-9-6-14(7-10-25)31-20-16-8-11-26(19(16)22-13-23-20)18-5-4-15(12-17(18)21)32(3,27)28/h4-5,12-14H,6-11H2,1-3H3. The van der Waals surface area contributed by atoms with Gasteiger partial charge in [0, 0.05) is 40.0 Å². The Morgan fingerprint density at radius 2 is 1.79 bits per heavy atom. The van der Waals surface area contributed by atoms with E-state index < -0.39 is 25.9 Å². The van der Waals surface area contributed by atoms with Crippen molar-refractivity contribution >= 4 is 31.6 Å². The third-order valence-corrected chi connectivity index (χ3v) is 8.88. The van der Waals surface area contributed by atoms with Crippen molar-refractivity contribution < 1.29 is 26.0 Å². The van der Waals surface area contributed by atoms with Gasteiger partial charge < -0.3 is 9.64 Å². The second-order valence-electron chi connectivity index (χ2n) is 8.27. The number of ether oxygens (including phenoxy) is 1. The van der Waals surface area contributed by atoms with E-state index in [0.29, 0.717) is 50.6 Å². The molecule has 0 radical (unpaired) electrons. The number of anilines is 2. The Morgan fingerprint density at radius 1 is 1.09 bits per heavy atom. The summed E-state index contributed by atoms with van der Waals surface area (Å²) in [6.07, 6.45) is 3.77. The lowest BCUT2D eigenvalue weighted by Gasteiger charge is -2.32. The van der Waals surface area contributed by atoms with E-state index in [2.05, 4.69) is 9.97 Å². The molecule has 0 atom stereocenters. The lowest BCUT2D eigenvalue weighted by molar-refractivity contribution is 0.127. The zero-order valence-corrected chi connectivity index (χ0v) is 20.2. The van der Waals surface area contributed by atoms with E-state index >= 15 is 0 Å².